The van der Waals surface area contributed by atoms with Crippen LogP contribution in [0.4, 0.5) is 0 Å². The number of Topliss-reactive ketones (excluding diaryl/α,β-unsaturated/α-hetero) is 1. The Morgan fingerprint density at radius 2 is 1.61 bits per heavy atom. The molecule has 2 unspecified atom stereocenters. The summed E-state index contributed by atoms with van der Waals surface area (Å²) in [5.41, 5.74) is -5.28. The van der Waals surface area contributed by atoms with E-state index in [9.17, 15) is 29.4 Å². The molecule has 2 N–H and O–H groups in total. The van der Waals surface area contributed by atoms with Crippen molar-refractivity contribution in [2.24, 2.45) is 28.1 Å². The molecule has 3 saturated heterocycles. The molecule has 36 heavy (non-hydrogen) atoms. The molecule has 10 atom stereocenters. The Bertz CT molecular complexity index is 1140. The summed E-state index contributed by atoms with van der Waals surface area (Å²) in [6, 6.07) is 0. The van der Waals surface area contributed by atoms with Crippen LogP contribution in [0, 0.1) is 28.1 Å². The summed E-state index contributed by atoms with van der Waals surface area (Å²) in [6.07, 6.45) is -2.59. The van der Waals surface area contributed by atoms with Crippen LogP contribution in [-0.4, -0.2) is 69.7 Å². The van der Waals surface area contributed by atoms with Gasteiger partial charge in [0.05, 0.1) is 23.5 Å². The van der Waals surface area contributed by atoms with E-state index in [0.29, 0.717) is 12.8 Å². The molecule has 2 saturated carbocycles. The van der Waals surface area contributed by atoms with Crippen molar-refractivity contribution in [2.75, 3.05) is 0 Å². The normalized spacial score (nSPS) is 52.9. The molecule has 0 aromatic rings. The lowest BCUT2D eigenvalue weighted by molar-refractivity contribution is -0.227. The minimum Gasteiger partial charge on any atom is -0.459 e. The van der Waals surface area contributed by atoms with E-state index in [0.717, 1.165) is 0 Å². The average Bonchev–Trinajstić information content (AvgIpc) is 3.47. The monoisotopic (exact) mass is 504 g/mol. The lowest BCUT2D eigenvalue weighted by Gasteiger charge is -2.66. The highest BCUT2D eigenvalue weighted by Crippen LogP contribution is 2.77. The maximum Gasteiger partial charge on any atom is 0.340 e. The molecule has 0 amide bonds. The van der Waals surface area contributed by atoms with Crippen LogP contribution in [0.25, 0.3) is 0 Å². The number of rotatable bonds is 1. The molecule has 6 aliphatic rings. The van der Waals surface area contributed by atoms with E-state index < -0.39 is 81.8 Å². The molecule has 10 heteroatoms. The van der Waals surface area contributed by atoms with Gasteiger partial charge in [0.1, 0.15) is 23.1 Å². The molecule has 5 fully saturated rings. The largest absolute Gasteiger partial charge is 0.459 e. The Kier molecular flexibility index (Phi) is 4.52. The first-order valence-corrected chi connectivity index (χ1v) is 12.6. The molecule has 0 aromatic carbocycles. The molecule has 0 aromatic heterocycles. The van der Waals surface area contributed by atoms with Gasteiger partial charge in [-0.15, -0.1) is 0 Å². The molecule has 0 bridgehead atoms. The fourth-order valence-corrected chi connectivity index (χ4v) is 9.07. The third kappa shape index (κ3) is 2.48. The molecular weight excluding hydrogens is 472 g/mol. The molecule has 6 rings (SSSR count). The second-order valence-corrected chi connectivity index (χ2v) is 12.5. The van der Waals surface area contributed by atoms with Gasteiger partial charge in [0.25, 0.3) is 0 Å². The maximum absolute atomic E-state index is 14.2. The number of carbonyl (C=O) groups is 4. The van der Waals surface area contributed by atoms with Gasteiger partial charge in [-0.05, 0) is 45.6 Å². The molecule has 196 valence electrons. The first-order valence-electron chi connectivity index (χ1n) is 12.6. The highest BCUT2D eigenvalue weighted by Gasteiger charge is 2.89. The molecular formula is C26H32O10. The molecule has 1 spiro atoms. The van der Waals surface area contributed by atoms with Crippen molar-refractivity contribution in [3.05, 3.63) is 11.6 Å². The van der Waals surface area contributed by atoms with E-state index in [-0.39, 0.29) is 24.2 Å². The molecule has 2 aliphatic carbocycles. The minimum absolute atomic E-state index is 0.0377. The Morgan fingerprint density at radius 3 is 2.25 bits per heavy atom. The van der Waals surface area contributed by atoms with Gasteiger partial charge in [0.2, 0.25) is 6.29 Å². The third-order valence-electron chi connectivity index (χ3n) is 10.7. The van der Waals surface area contributed by atoms with Gasteiger partial charge in [-0.3, -0.25) is 9.59 Å². The van der Waals surface area contributed by atoms with Crippen molar-refractivity contribution in [2.45, 2.75) is 96.1 Å². The summed E-state index contributed by atoms with van der Waals surface area (Å²) in [5, 5.41) is 21.3. The van der Waals surface area contributed by atoms with E-state index in [1.54, 1.807) is 20.8 Å². The lowest BCUT2D eigenvalue weighted by Crippen LogP contribution is -2.73. The van der Waals surface area contributed by atoms with E-state index >= 15 is 0 Å². The number of carbonyl (C=O) groups excluding carboxylic acids is 4. The molecule has 4 aliphatic heterocycles. The summed E-state index contributed by atoms with van der Waals surface area (Å²) in [7, 11) is 0. The van der Waals surface area contributed by atoms with Crippen LogP contribution in [0.1, 0.15) is 60.3 Å². The number of aliphatic hydroxyl groups excluding tert-OH is 2. The van der Waals surface area contributed by atoms with Crippen LogP contribution >= 0.6 is 0 Å². The lowest BCUT2D eigenvalue weighted by atomic mass is 9.37. The summed E-state index contributed by atoms with van der Waals surface area (Å²) in [5.74, 6) is -2.96. The number of esters is 3. The second kappa shape index (κ2) is 6.76. The number of ether oxygens (including phenoxy) is 4. The van der Waals surface area contributed by atoms with Crippen molar-refractivity contribution in [3.63, 3.8) is 0 Å². The number of epoxide rings is 1. The quantitative estimate of drug-likeness (QED) is 0.300. The highest BCUT2D eigenvalue weighted by molar-refractivity contribution is 5.96. The van der Waals surface area contributed by atoms with E-state index in [1.807, 2.05) is 13.8 Å². The fraction of sp³-hybridized carbons (Fsp3) is 0.769. The van der Waals surface area contributed by atoms with Gasteiger partial charge in [0.15, 0.2) is 6.10 Å². The van der Waals surface area contributed by atoms with Crippen LogP contribution in [0.15, 0.2) is 11.6 Å². The van der Waals surface area contributed by atoms with Gasteiger partial charge < -0.3 is 29.2 Å². The van der Waals surface area contributed by atoms with Crippen LogP contribution < -0.4 is 0 Å². The number of ketones is 1. The molecule has 10 nitrogen and oxygen atoms in total. The van der Waals surface area contributed by atoms with E-state index in [2.05, 4.69) is 0 Å². The number of hydrogen-bond donors (Lipinski definition) is 2. The standard InChI is InChI=1S/C26H32O10/c1-22(2)13-9-15(28)25(5)12(24(13,4)14(27)10-17(30)35-22)6-7-23(3)18(11-8-16(29)33-20(11)31)34-21(32)19-26(23,25)36-19/h8,12-14,16,18-19,27,29H,6-7,9-10H2,1-5H3/t12-,13+,14?,16?,18+,19-,23+,24-,25+,26-/m1/s1. The van der Waals surface area contributed by atoms with Crippen LogP contribution in [0.5, 0.6) is 0 Å². The predicted molar refractivity (Wildman–Crippen MR) is 119 cm³/mol. The average molecular weight is 505 g/mol. The van der Waals surface area contributed by atoms with Gasteiger partial charge in [-0.25, -0.2) is 9.59 Å². The second-order valence-electron chi connectivity index (χ2n) is 12.5. The van der Waals surface area contributed by atoms with Crippen molar-refractivity contribution in [1.82, 2.24) is 0 Å². The number of aliphatic hydroxyl groups is 2. The SMILES string of the molecule is CC1(C)OC(=O)CC(O)[C@]2(C)[C@H]3CC[C@@]4(C)[C@H](C5=CC(O)OC5=O)OC(=O)[C@H]5O[C@]54[C@]3(C)C(=O)C[C@@H]12. The van der Waals surface area contributed by atoms with Crippen LogP contribution in [0.3, 0.4) is 0 Å². The van der Waals surface area contributed by atoms with Crippen molar-refractivity contribution in [1.29, 1.82) is 0 Å². The predicted octanol–water partition coefficient (Wildman–Crippen LogP) is 0.955. The van der Waals surface area contributed by atoms with Gasteiger partial charge in [-0.1, -0.05) is 13.8 Å². The first kappa shape index (κ1) is 24.1. The Labute approximate surface area is 208 Å². The smallest absolute Gasteiger partial charge is 0.340 e. The first-order chi connectivity index (χ1) is 16.6. The Hall–Kier alpha value is -2.30. The third-order valence-corrected chi connectivity index (χ3v) is 10.7. The van der Waals surface area contributed by atoms with Crippen molar-refractivity contribution in [3.8, 4) is 0 Å². The Balaban J connectivity index is 1.51. The molecule has 0 radical (unpaired) electrons. The summed E-state index contributed by atoms with van der Waals surface area (Å²) >= 11 is 0. The highest BCUT2D eigenvalue weighted by atomic mass is 16.7. The number of hydrogen-bond acceptors (Lipinski definition) is 10. The van der Waals surface area contributed by atoms with Gasteiger partial charge in [-0.2, -0.15) is 0 Å². The summed E-state index contributed by atoms with van der Waals surface area (Å²) < 4.78 is 22.5. The summed E-state index contributed by atoms with van der Waals surface area (Å²) in [6.45, 7) is 9.13. The van der Waals surface area contributed by atoms with Crippen molar-refractivity contribution >= 4 is 23.7 Å². The van der Waals surface area contributed by atoms with Gasteiger partial charge in [0, 0.05) is 23.2 Å². The number of cyclic esters (lactones) is 3. The topological polar surface area (TPSA) is 149 Å². The van der Waals surface area contributed by atoms with Gasteiger partial charge >= 0.3 is 17.9 Å². The molecule has 4 heterocycles. The fourth-order valence-electron chi connectivity index (χ4n) is 9.07. The van der Waals surface area contributed by atoms with Crippen LogP contribution in [0.2, 0.25) is 0 Å². The maximum atomic E-state index is 14.2. The van der Waals surface area contributed by atoms with Crippen LogP contribution in [-0.2, 0) is 38.1 Å². The Morgan fingerprint density at radius 1 is 0.917 bits per heavy atom. The van der Waals surface area contributed by atoms with E-state index in [4.69, 9.17) is 18.9 Å². The summed E-state index contributed by atoms with van der Waals surface area (Å²) in [4.78, 5) is 52.4. The minimum atomic E-state index is -1.44. The zero-order valence-corrected chi connectivity index (χ0v) is 21.0. The van der Waals surface area contributed by atoms with Crippen molar-refractivity contribution < 1.29 is 48.3 Å². The zero-order chi connectivity index (χ0) is 26.2. The van der Waals surface area contributed by atoms with E-state index in [1.165, 1.54) is 6.08 Å². The zero-order valence-electron chi connectivity index (χ0n) is 21.0. The number of fused-ring (bicyclic) bond motifs is 3.